The highest BCUT2D eigenvalue weighted by Gasteiger charge is 2.30. The first-order chi connectivity index (χ1) is 15.8. The molecule has 0 unspecified atom stereocenters. The number of rotatable bonds is 4. The van der Waals surface area contributed by atoms with E-state index >= 15 is 0 Å². The SMILES string of the molecule is COc1ccccc1-c1ccc(N2CCN(C(=O)Nc3ccc(C(F)(F)F)cc3)CC2)nn1. The predicted octanol–water partition coefficient (Wildman–Crippen LogP) is 4.53. The molecule has 172 valence electrons. The van der Waals surface area contributed by atoms with E-state index in [2.05, 4.69) is 15.5 Å². The first-order valence-electron chi connectivity index (χ1n) is 10.3. The van der Waals surface area contributed by atoms with E-state index in [1.54, 1.807) is 12.0 Å². The number of hydrogen-bond donors (Lipinski definition) is 1. The standard InChI is InChI=1S/C23H22F3N5O2/c1-33-20-5-3-2-4-18(20)19-10-11-21(29-28-19)30-12-14-31(15-13-30)22(32)27-17-8-6-16(7-9-17)23(24,25)26/h2-11H,12-15H2,1H3,(H,27,32). The normalized spacial score (nSPS) is 14.2. The summed E-state index contributed by atoms with van der Waals surface area (Å²) in [6, 6.07) is 15.4. The summed E-state index contributed by atoms with van der Waals surface area (Å²) in [5, 5.41) is 11.3. The maximum absolute atomic E-state index is 12.7. The zero-order valence-corrected chi connectivity index (χ0v) is 17.8. The van der Waals surface area contributed by atoms with Gasteiger partial charge in [-0.2, -0.15) is 13.2 Å². The summed E-state index contributed by atoms with van der Waals surface area (Å²) >= 11 is 0. The Morgan fingerprint density at radius 2 is 1.64 bits per heavy atom. The van der Waals surface area contributed by atoms with Gasteiger partial charge in [0.2, 0.25) is 0 Å². The van der Waals surface area contributed by atoms with E-state index in [0.717, 1.165) is 17.7 Å². The number of para-hydroxylation sites is 1. The topological polar surface area (TPSA) is 70.6 Å². The fourth-order valence-electron chi connectivity index (χ4n) is 3.58. The largest absolute Gasteiger partial charge is 0.496 e. The summed E-state index contributed by atoms with van der Waals surface area (Å²) in [5.74, 6) is 1.42. The Morgan fingerprint density at radius 1 is 0.939 bits per heavy atom. The number of halogens is 3. The number of ether oxygens (including phenoxy) is 1. The molecule has 2 aromatic carbocycles. The summed E-state index contributed by atoms with van der Waals surface area (Å²) in [6.45, 7) is 2.01. The third-order valence-electron chi connectivity index (χ3n) is 5.39. The molecule has 1 N–H and O–H groups in total. The second-order valence-electron chi connectivity index (χ2n) is 7.46. The Labute approximate surface area is 188 Å². The van der Waals surface area contributed by atoms with Crippen LogP contribution < -0.4 is 15.0 Å². The van der Waals surface area contributed by atoms with Gasteiger partial charge < -0.3 is 19.9 Å². The minimum Gasteiger partial charge on any atom is -0.496 e. The van der Waals surface area contributed by atoms with Crippen LogP contribution in [-0.4, -0.2) is 54.4 Å². The molecule has 0 saturated carbocycles. The van der Waals surface area contributed by atoms with Crippen LogP contribution in [0.4, 0.5) is 29.5 Å². The highest BCUT2D eigenvalue weighted by atomic mass is 19.4. The van der Waals surface area contributed by atoms with E-state index < -0.39 is 11.7 Å². The van der Waals surface area contributed by atoms with E-state index in [1.807, 2.05) is 41.3 Å². The van der Waals surface area contributed by atoms with Crippen LogP contribution in [0, 0.1) is 0 Å². The monoisotopic (exact) mass is 457 g/mol. The Balaban J connectivity index is 1.33. The molecule has 0 bridgehead atoms. The maximum Gasteiger partial charge on any atom is 0.416 e. The molecule has 4 rings (SSSR count). The van der Waals surface area contributed by atoms with Gasteiger partial charge in [-0.25, -0.2) is 4.79 Å². The van der Waals surface area contributed by atoms with Crippen molar-refractivity contribution in [2.45, 2.75) is 6.18 Å². The number of carbonyl (C=O) groups excluding carboxylic acids is 1. The second-order valence-corrected chi connectivity index (χ2v) is 7.46. The van der Waals surface area contributed by atoms with Crippen molar-refractivity contribution in [3.63, 3.8) is 0 Å². The van der Waals surface area contributed by atoms with Gasteiger partial charge in [0, 0.05) is 37.4 Å². The number of benzene rings is 2. The van der Waals surface area contributed by atoms with Crippen LogP contribution >= 0.6 is 0 Å². The zero-order valence-electron chi connectivity index (χ0n) is 17.8. The van der Waals surface area contributed by atoms with Crippen LogP contribution in [0.5, 0.6) is 5.75 Å². The summed E-state index contributed by atoms with van der Waals surface area (Å²) in [7, 11) is 1.60. The number of carbonyl (C=O) groups is 1. The minimum absolute atomic E-state index is 0.313. The number of piperazine rings is 1. The van der Waals surface area contributed by atoms with Gasteiger partial charge in [-0.15, -0.1) is 10.2 Å². The molecule has 0 spiro atoms. The molecule has 0 radical (unpaired) electrons. The molecule has 1 fully saturated rings. The first-order valence-corrected chi connectivity index (χ1v) is 10.3. The van der Waals surface area contributed by atoms with E-state index in [1.165, 1.54) is 12.1 Å². The van der Waals surface area contributed by atoms with E-state index in [-0.39, 0.29) is 6.03 Å². The first kappa shape index (κ1) is 22.4. The average Bonchev–Trinajstić information content (AvgIpc) is 2.84. The molecule has 2 amide bonds. The van der Waals surface area contributed by atoms with E-state index in [4.69, 9.17) is 4.74 Å². The summed E-state index contributed by atoms with van der Waals surface area (Å²) in [5.41, 5.74) is 1.11. The molecule has 2 heterocycles. The fourth-order valence-corrected chi connectivity index (χ4v) is 3.58. The average molecular weight is 457 g/mol. The van der Waals surface area contributed by atoms with Crippen LogP contribution in [0.1, 0.15) is 5.56 Å². The second kappa shape index (κ2) is 9.35. The van der Waals surface area contributed by atoms with Crippen molar-refractivity contribution < 1.29 is 22.7 Å². The highest BCUT2D eigenvalue weighted by molar-refractivity contribution is 5.89. The summed E-state index contributed by atoms with van der Waals surface area (Å²) in [6.07, 6.45) is -4.41. The van der Waals surface area contributed by atoms with Crippen molar-refractivity contribution in [1.82, 2.24) is 15.1 Å². The molecular weight excluding hydrogens is 435 g/mol. The van der Waals surface area contributed by atoms with Gasteiger partial charge >= 0.3 is 12.2 Å². The number of hydrogen-bond acceptors (Lipinski definition) is 5. The van der Waals surface area contributed by atoms with Crippen molar-refractivity contribution in [1.29, 1.82) is 0 Å². The third kappa shape index (κ3) is 5.16. The Hall–Kier alpha value is -3.82. The predicted molar refractivity (Wildman–Crippen MR) is 118 cm³/mol. The van der Waals surface area contributed by atoms with Gasteiger partial charge in [0.25, 0.3) is 0 Å². The molecule has 7 nitrogen and oxygen atoms in total. The van der Waals surface area contributed by atoms with Gasteiger partial charge in [-0.05, 0) is 48.5 Å². The number of amides is 2. The van der Waals surface area contributed by atoms with Crippen molar-refractivity contribution >= 4 is 17.5 Å². The lowest BCUT2D eigenvalue weighted by Crippen LogP contribution is -2.50. The Kier molecular flexibility index (Phi) is 6.34. The van der Waals surface area contributed by atoms with Gasteiger partial charge in [0.05, 0.1) is 18.4 Å². The lowest BCUT2D eigenvalue weighted by molar-refractivity contribution is -0.137. The molecule has 33 heavy (non-hydrogen) atoms. The van der Waals surface area contributed by atoms with Gasteiger partial charge in [-0.3, -0.25) is 0 Å². The number of anilines is 2. The molecule has 1 aromatic heterocycles. The van der Waals surface area contributed by atoms with Gasteiger partial charge in [-0.1, -0.05) is 12.1 Å². The smallest absolute Gasteiger partial charge is 0.416 e. The zero-order chi connectivity index (χ0) is 23.4. The van der Waals surface area contributed by atoms with Crippen LogP contribution in [-0.2, 0) is 6.18 Å². The summed E-state index contributed by atoms with van der Waals surface area (Å²) in [4.78, 5) is 16.1. The number of alkyl halides is 3. The Bertz CT molecular complexity index is 1100. The molecule has 0 atom stereocenters. The van der Waals surface area contributed by atoms with Crippen LogP contribution in [0.25, 0.3) is 11.3 Å². The number of urea groups is 1. The lowest BCUT2D eigenvalue weighted by atomic mass is 10.1. The number of aromatic nitrogens is 2. The van der Waals surface area contributed by atoms with Crippen molar-refractivity contribution in [2.24, 2.45) is 0 Å². The van der Waals surface area contributed by atoms with Gasteiger partial charge in [0.15, 0.2) is 5.82 Å². The molecule has 3 aromatic rings. The lowest BCUT2D eigenvalue weighted by Gasteiger charge is -2.35. The number of methoxy groups -OCH3 is 1. The van der Waals surface area contributed by atoms with Crippen LogP contribution in [0.3, 0.4) is 0 Å². The molecule has 1 saturated heterocycles. The van der Waals surface area contributed by atoms with E-state index in [0.29, 0.717) is 49.1 Å². The fraction of sp³-hybridized carbons (Fsp3) is 0.261. The van der Waals surface area contributed by atoms with Gasteiger partial charge in [0.1, 0.15) is 5.75 Å². The van der Waals surface area contributed by atoms with Crippen molar-refractivity contribution in [3.05, 3.63) is 66.2 Å². The number of nitrogens with one attached hydrogen (secondary N) is 1. The molecule has 0 aliphatic carbocycles. The molecular formula is C23H22F3N5O2. The summed E-state index contributed by atoms with van der Waals surface area (Å²) < 4.78 is 43.4. The third-order valence-corrected chi connectivity index (χ3v) is 5.39. The maximum atomic E-state index is 12.7. The number of nitrogens with zero attached hydrogens (tertiary/aromatic N) is 4. The molecule has 1 aliphatic heterocycles. The van der Waals surface area contributed by atoms with E-state index in [9.17, 15) is 18.0 Å². The van der Waals surface area contributed by atoms with Crippen molar-refractivity contribution in [2.75, 3.05) is 43.5 Å². The molecule has 1 aliphatic rings. The van der Waals surface area contributed by atoms with Crippen molar-refractivity contribution in [3.8, 4) is 17.0 Å². The molecule has 10 heteroatoms. The van der Waals surface area contributed by atoms with Crippen LogP contribution in [0.15, 0.2) is 60.7 Å². The Morgan fingerprint density at radius 3 is 2.24 bits per heavy atom. The van der Waals surface area contributed by atoms with Crippen LogP contribution in [0.2, 0.25) is 0 Å². The quantitative estimate of drug-likeness (QED) is 0.624. The highest BCUT2D eigenvalue weighted by Crippen LogP contribution is 2.30. The minimum atomic E-state index is -4.41.